The van der Waals surface area contributed by atoms with Gasteiger partial charge in [0.25, 0.3) is 0 Å². The van der Waals surface area contributed by atoms with E-state index in [-0.39, 0.29) is 23.1 Å². The van der Waals surface area contributed by atoms with Crippen molar-refractivity contribution in [1.29, 1.82) is 0 Å². The number of carbonyl (C=O) groups is 3. The number of fused-ring (bicyclic) bond motifs is 4. The average molecular weight is 499 g/mol. The third-order valence-electron chi connectivity index (χ3n) is 5.64. The highest BCUT2D eigenvalue weighted by Crippen LogP contribution is 2.56. The van der Waals surface area contributed by atoms with Gasteiger partial charge in [-0.15, -0.1) is 11.3 Å². The molecule has 3 aromatic rings. The van der Waals surface area contributed by atoms with Gasteiger partial charge < -0.3 is 20.5 Å². The van der Waals surface area contributed by atoms with Gasteiger partial charge in [0, 0.05) is 15.7 Å². The number of halogens is 1. The molecule has 1 unspecified atom stereocenters. The Kier molecular flexibility index (Phi) is 4.42. The summed E-state index contributed by atoms with van der Waals surface area (Å²) in [6.45, 7) is 0. The molecule has 0 fully saturated rings. The van der Waals surface area contributed by atoms with E-state index < -0.39 is 11.4 Å². The summed E-state index contributed by atoms with van der Waals surface area (Å²) in [4.78, 5) is 38.8. The number of nitrogens with one attached hydrogen (secondary N) is 2. The van der Waals surface area contributed by atoms with Gasteiger partial charge in [0.15, 0.2) is 0 Å². The van der Waals surface area contributed by atoms with Gasteiger partial charge in [-0.1, -0.05) is 28.1 Å². The molecular weight excluding hydrogens is 484 g/mol. The quantitative estimate of drug-likeness (QED) is 0.494. The van der Waals surface area contributed by atoms with Gasteiger partial charge >= 0.3 is 5.97 Å². The predicted molar refractivity (Wildman–Crippen MR) is 120 cm³/mol. The Morgan fingerprint density at radius 1 is 1.16 bits per heavy atom. The van der Waals surface area contributed by atoms with E-state index >= 15 is 0 Å². The maximum atomic E-state index is 13.3. The molecule has 9 heteroatoms. The lowest BCUT2D eigenvalue weighted by molar-refractivity contribution is -0.125. The molecule has 1 aromatic heterocycles. The second kappa shape index (κ2) is 6.93. The zero-order chi connectivity index (χ0) is 21.9. The molecule has 2 aliphatic heterocycles. The van der Waals surface area contributed by atoms with Crippen molar-refractivity contribution in [2.24, 2.45) is 0 Å². The van der Waals surface area contributed by atoms with Gasteiger partial charge in [-0.25, -0.2) is 4.79 Å². The zero-order valence-corrected chi connectivity index (χ0v) is 18.5. The van der Waals surface area contributed by atoms with Crippen molar-refractivity contribution >= 4 is 56.4 Å². The van der Waals surface area contributed by atoms with Crippen molar-refractivity contribution < 1.29 is 24.2 Å². The first-order valence-corrected chi connectivity index (χ1v) is 10.9. The minimum absolute atomic E-state index is 0.0630. The number of aromatic carboxylic acids is 1. The zero-order valence-electron chi connectivity index (χ0n) is 16.1. The Morgan fingerprint density at radius 2 is 1.90 bits per heavy atom. The lowest BCUT2D eigenvalue weighted by Crippen LogP contribution is -2.42. The smallest absolute Gasteiger partial charge is 0.346 e. The van der Waals surface area contributed by atoms with Crippen molar-refractivity contribution in [2.75, 3.05) is 17.7 Å². The van der Waals surface area contributed by atoms with Crippen LogP contribution in [0.1, 0.15) is 26.5 Å². The molecule has 2 amide bonds. The Bertz CT molecular complexity index is 1280. The fourth-order valence-corrected chi connectivity index (χ4v) is 5.95. The SMILES string of the molecule is COc1ccc(-c2c(C(=O)O)sc3c2NC(=O)CC32C(=O)Nc3ccc(Br)cc32)cc1. The number of carboxylic acids is 1. The number of methoxy groups -OCH3 is 1. The summed E-state index contributed by atoms with van der Waals surface area (Å²) in [5, 5.41) is 15.6. The number of thiophene rings is 1. The molecular formula is C22H15BrN2O5S. The molecule has 0 radical (unpaired) electrons. The van der Waals surface area contributed by atoms with E-state index in [1.807, 2.05) is 12.1 Å². The van der Waals surface area contributed by atoms with E-state index in [0.29, 0.717) is 38.7 Å². The second-order valence-corrected chi connectivity index (χ2v) is 9.25. The van der Waals surface area contributed by atoms with Crippen LogP contribution in [-0.4, -0.2) is 30.0 Å². The van der Waals surface area contributed by atoms with Crippen LogP contribution >= 0.6 is 27.3 Å². The standard InChI is InChI=1S/C22H15BrN2O5S/c1-30-12-5-2-10(3-6-12)16-17-19(31-18(16)20(27)28)22(9-15(26)25-17)13-8-11(23)4-7-14(13)24-21(22)29/h2-8H,9H2,1H3,(H,24,29)(H,25,26)(H,27,28). The highest BCUT2D eigenvalue weighted by Gasteiger charge is 2.55. The molecule has 1 atom stereocenters. The molecule has 3 N–H and O–H groups in total. The molecule has 5 rings (SSSR count). The van der Waals surface area contributed by atoms with Crippen molar-refractivity contribution in [3.63, 3.8) is 0 Å². The maximum Gasteiger partial charge on any atom is 0.346 e. The molecule has 2 aliphatic rings. The van der Waals surface area contributed by atoms with Crippen LogP contribution in [0.2, 0.25) is 0 Å². The Hall–Kier alpha value is -3.17. The molecule has 0 aliphatic carbocycles. The summed E-state index contributed by atoms with van der Waals surface area (Å²) in [5.74, 6) is -1.18. The van der Waals surface area contributed by atoms with Crippen LogP contribution in [0.3, 0.4) is 0 Å². The number of anilines is 2. The van der Waals surface area contributed by atoms with Crippen LogP contribution in [-0.2, 0) is 15.0 Å². The second-order valence-electron chi connectivity index (χ2n) is 7.32. The van der Waals surface area contributed by atoms with Crippen LogP contribution < -0.4 is 15.4 Å². The first-order valence-electron chi connectivity index (χ1n) is 9.31. The van der Waals surface area contributed by atoms with Gasteiger partial charge in [0.2, 0.25) is 11.8 Å². The number of benzene rings is 2. The van der Waals surface area contributed by atoms with Gasteiger partial charge in [0.1, 0.15) is 16.0 Å². The monoisotopic (exact) mass is 498 g/mol. The van der Waals surface area contributed by atoms with E-state index in [0.717, 1.165) is 15.8 Å². The summed E-state index contributed by atoms with van der Waals surface area (Å²) < 4.78 is 5.96. The summed E-state index contributed by atoms with van der Waals surface area (Å²) in [6.07, 6.45) is -0.100. The minimum atomic E-state index is -1.28. The summed E-state index contributed by atoms with van der Waals surface area (Å²) in [5.41, 5.74) is 1.36. The normalized spacial score (nSPS) is 18.9. The average Bonchev–Trinajstić information content (AvgIpc) is 3.25. The first kappa shape index (κ1) is 19.8. The summed E-state index contributed by atoms with van der Waals surface area (Å²) in [7, 11) is 1.54. The lowest BCUT2D eigenvalue weighted by Gasteiger charge is -2.31. The summed E-state index contributed by atoms with van der Waals surface area (Å²) >= 11 is 4.47. The number of hydrogen-bond acceptors (Lipinski definition) is 5. The van der Waals surface area contributed by atoms with Crippen molar-refractivity contribution in [1.82, 2.24) is 0 Å². The van der Waals surface area contributed by atoms with Gasteiger partial charge in [-0.2, -0.15) is 0 Å². The highest BCUT2D eigenvalue weighted by molar-refractivity contribution is 9.10. The number of carboxylic acid groups (broad SMARTS) is 1. The number of rotatable bonds is 3. The van der Waals surface area contributed by atoms with Gasteiger partial charge in [0.05, 0.1) is 24.1 Å². The number of hydrogen-bond donors (Lipinski definition) is 3. The fourth-order valence-electron chi connectivity index (χ4n) is 4.27. The van der Waals surface area contributed by atoms with Crippen molar-refractivity contribution in [3.8, 4) is 16.9 Å². The van der Waals surface area contributed by atoms with Crippen molar-refractivity contribution in [3.05, 3.63) is 62.3 Å². The van der Waals surface area contributed by atoms with Gasteiger partial charge in [-0.05, 0) is 41.5 Å². The van der Waals surface area contributed by atoms with Crippen LogP contribution in [0.15, 0.2) is 46.9 Å². The van der Waals surface area contributed by atoms with Crippen LogP contribution in [0.5, 0.6) is 5.75 Å². The van der Waals surface area contributed by atoms with Crippen molar-refractivity contribution in [2.45, 2.75) is 11.8 Å². The summed E-state index contributed by atoms with van der Waals surface area (Å²) in [6, 6.07) is 12.3. The molecule has 0 saturated carbocycles. The van der Waals surface area contributed by atoms with Crippen LogP contribution in [0.25, 0.3) is 11.1 Å². The molecule has 1 spiro atoms. The topological polar surface area (TPSA) is 105 Å². The maximum absolute atomic E-state index is 13.3. The third kappa shape index (κ3) is 2.80. The van der Waals surface area contributed by atoms with E-state index in [9.17, 15) is 19.5 Å². The molecule has 0 saturated heterocycles. The number of ether oxygens (including phenoxy) is 1. The first-order chi connectivity index (χ1) is 14.8. The van der Waals surface area contributed by atoms with E-state index in [2.05, 4.69) is 26.6 Å². The van der Waals surface area contributed by atoms with E-state index in [4.69, 9.17) is 4.74 Å². The molecule has 7 nitrogen and oxygen atoms in total. The van der Waals surface area contributed by atoms with Crippen LogP contribution in [0.4, 0.5) is 11.4 Å². The Labute approximate surface area is 189 Å². The van der Waals surface area contributed by atoms with E-state index in [1.54, 1.807) is 37.4 Å². The number of amides is 2. The third-order valence-corrected chi connectivity index (χ3v) is 7.47. The molecule has 31 heavy (non-hydrogen) atoms. The molecule has 2 aromatic carbocycles. The lowest BCUT2D eigenvalue weighted by atomic mass is 9.74. The molecule has 0 bridgehead atoms. The van der Waals surface area contributed by atoms with Crippen LogP contribution in [0, 0.1) is 0 Å². The Morgan fingerprint density at radius 3 is 2.58 bits per heavy atom. The molecule has 156 valence electrons. The molecule has 3 heterocycles. The fraction of sp³-hybridized carbons (Fsp3) is 0.136. The minimum Gasteiger partial charge on any atom is -0.497 e. The number of carbonyl (C=O) groups excluding carboxylic acids is 2. The van der Waals surface area contributed by atoms with Gasteiger partial charge in [-0.3, -0.25) is 9.59 Å². The highest BCUT2D eigenvalue weighted by atomic mass is 79.9. The Balaban J connectivity index is 1.81. The van der Waals surface area contributed by atoms with E-state index in [1.165, 1.54) is 0 Å². The largest absolute Gasteiger partial charge is 0.497 e. The predicted octanol–water partition coefficient (Wildman–Crippen LogP) is 4.46.